The van der Waals surface area contributed by atoms with Gasteiger partial charge in [0.2, 0.25) is 0 Å². The van der Waals surface area contributed by atoms with Crippen molar-refractivity contribution in [2.24, 2.45) is 11.3 Å². The average Bonchev–Trinajstić information content (AvgIpc) is 2.83. The van der Waals surface area contributed by atoms with Gasteiger partial charge in [0.25, 0.3) is 0 Å². The Labute approximate surface area is 97.4 Å². The Morgan fingerprint density at radius 2 is 1.88 bits per heavy atom. The largest absolute Gasteiger partial charge is 0.349 e. The number of fused-ring (bicyclic) bond motifs is 1. The first-order chi connectivity index (χ1) is 7.62. The first-order valence-corrected chi connectivity index (χ1v) is 6.59. The normalized spacial score (nSPS) is 49.5. The number of ether oxygens (including phenoxy) is 1. The zero-order valence-corrected chi connectivity index (χ0v) is 10.3. The summed E-state index contributed by atoms with van der Waals surface area (Å²) in [5, 5.41) is 0. The Morgan fingerprint density at radius 3 is 2.62 bits per heavy atom. The van der Waals surface area contributed by atoms with E-state index in [-0.39, 0.29) is 17.3 Å². The van der Waals surface area contributed by atoms with Crippen molar-refractivity contribution in [2.45, 2.75) is 64.3 Å². The second-order valence-electron chi connectivity index (χ2n) is 6.26. The van der Waals surface area contributed by atoms with Gasteiger partial charge in [-0.25, -0.2) is 9.78 Å². The summed E-state index contributed by atoms with van der Waals surface area (Å²) in [7, 11) is 0. The Morgan fingerprint density at radius 1 is 1.12 bits per heavy atom. The maximum absolute atomic E-state index is 5.70. The molecule has 92 valence electrons. The fourth-order valence-corrected chi connectivity index (χ4v) is 3.77. The first kappa shape index (κ1) is 11.0. The molecule has 0 bridgehead atoms. The fourth-order valence-electron chi connectivity index (χ4n) is 3.77. The lowest BCUT2D eigenvalue weighted by molar-refractivity contribution is -0.469. The maximum Gasteiger partial charge on any atom is 0.196 e. The molecule has 0 spiro atoms. The van der Waals surface area contributed by atoms with Gasteiger partial charge in [0.15, 0.2) is 6.29 Å². The van der Waals surface area contributed by atoms with Crippen LogP contribution in [0.25, 0.3) is 0 Å². The van der Waals surface area contributed by atoms with Gasteiger partial charge in [-0.3, -0.25) is 0 Å². The van der Waals surface area contributed by atoms with E-state index in [2.05, 4.69) is 13.8 Å². The molecule has 2 aliphatic heterocycles. The van der Waals surface area contributed by atoms with Crippen LogP contribution in [0.1, 0.15) is 52.4 Å². The number of rotatable bonds is 1. The molecule has 0 aromatic rings. The summed E-state index contributed by atoms with van der Waals surface area (Å²) in [6, 6.07) is 0. The van der Waals surface area contributed by atoms with Gasteiger partial charge in [-0.1, -0.05) is 19.8 Å². The molecule has 1 saturated carbocycles. The molecule has 3 aliphatic rings. The quantitative estimate of drug-likeness (QED) is 0.643. The van der Waals surface area contributed by atoms with Crippen LogP contribution in [0.4, 0.5) is 0 Å². The molecule has 0 aromatic carbocycles. The van der Waals surface area contributed by atoms with Crippen LogP contribution in [-0.4, -0.2) is 18.5 Å². The molecular formula is C13H22O3. The number of hydrogen-bond donors (Lipinski definition) is 0. The van der Waals surface area contributed by atoms with E-state index in [1.165, 1.54) is 25.7 Å². The molecule has 3 heteroatoms. The lowest BCUT2D eigenvalue weighted by atomic mass is 9.72. The number of hydrogen-bond acceptors (Lipinski definition) is 3. The van der Waals surface area contributed by atoms with Gasteiger partial charge < -0.3 is 4.74 Å². The molecule has 0 radical (unpaired) electrons. The van der Waals surface area contributed by atoms with E-state index in [4.69, 9.17) is 14.5 Å². The van der Waals surface area contributed by atoms with Crippen LogP contribution >= 0.6 is 0 Å². The molecule has 3 fully saturated rings. The standard InChI is InChI=1S/C13H22O3/c1-12-7-8-14-11(12)15-16-13(2,9-12)10-5-3-4-6-10/h10-11H,3-9H2,1-2H3/t11?,12-,13?/m0/s1. The highest BCUT2D eigenvalue weighted by Gasteiger charge is 2.54. The molecule has 0 amide bonds. The average molecular weight is 226 g/mol. The molecule has 2 unspecified atom stereocenters. The van der Waals surface area contributed by atoms with Crippen LogP contribution in [0.5, 0.6) is 0 Å². The summed E-state index contributed by atoms with van der Waals surface area (Å²) in [4.78, 5) is 11.2. The zero-order chi connectivity index (χ0) is 11.2. The van der Waals surface area contributed by atoms with E-state index in [1.54, 1.807) is 0 Å². The first-order valence-electron chi connectivity index (χ1n) is 6.59. The second-order valence-corrected chi connectivity index (χ2v) is 6.26. The van der Waals surface area contributed by atoms with Crippen LogP contribution in [0.15, 0.2) is 0 Å². The van der Waals surface area contributed by atoms with Gasteiger partial charge in [-0.2, -0.15) is 0 Å². The van der Waals surface area contributed by atoms with E-state index < -0.39 is 0 Å². The third-order valence-electron chi connectivity index (χ3n) is 4.81. The minimum absolute atomic E-state index is 0.0878. The molecule has 0 N–H and O–H groups in total. The summed E-state index contributed by atoms with van der Waals surface area (Å²) >= 11 is 0. The predicted octanol–water partition coefficient (Wildman–Crippen LogP) is 3.04. The van der Waals surface area contributed by atoms with Crippen LogP contribution in [-0.2, 0) is 14.5 Å². The van der Waals surface area contributed by atoms with Crippen molar-refractivity contribution in [3.05, 3.63) is 0 Å². The molecule has 3 atom stereocenters. The molecule has 2 heterocycles. The molecule has 0 aromatic heterocycles. The minimum Gasteiger partial charge on any atom is -0.349 e. The zero-order valence-electron chi connectivity index (χ0n) is 10.3. The Balaban J connectivity index is 1.77. The third kappa shape index (κ3) is 1.60. The molecule has 3 rings (SSSR count). The Bertz CT molecular complexity index is 274. The van der Waals surface area contributed by atoms with E-state index in [9.17, 15) is 0 Å². The van der Waals surface area contributed by atoms with E-state index in [0.29, 0.717) is 5.92 Å². The Hall–Kier alpha value is -0.120. The van der Waals surface area contributed by atoms with Crippen molar-refractivity contribution >= 4 is 0 Å². The highest BCUT2D eigenvalue weighted by molar-refractivity contribution is 4.97. The van der Waals surface area contributed by atoms with Gasteiger partial charge in [0.05, 0.1) is 6.61 Å². The lowest BCUT2D eigenvalue weighted by Crippen LogP contribution is -2.50. The summed E-state index contributed by atoms with van der Waals surface area (Å²) in [6.45, 7) is 5.31. The smallest absolute Gasteiger partial charge is 0.196 e. The predicted molar refractivity (Wildman–Crippen MR) is 59.6 cm³/mol. The van der Waals surface area contributed by atoms with Gasteiger partial charge in [-0.15, -0.1) is 0 Å². The summed E-state index contributed by atoms with van der Waals surface area (Å²) in [5.74, 6) is 0.672. The van der Waals surface area contributed by atoms with Gasteiger partial charge in [-0.05, 0) is 38.5 Å². The van der Waals surface area contributed by atoms with Crippen molar-refractivity contribution in [3.63, 3.8) is 0 Å². The lowest BCUT2D eigenvalue weighted by Gasteiger charge is -2.46. The molecule has 2 saturated heterocycles. The van der Waals surface area contributed by atoms with Crippen molar-refractivity contribution < 1.29 is 14.5 Å². The van der Waals surface area contributed by atoms with Gasteiger partial charge >= 0.3 is 0 Å². The van der Waals surface area contributed by atoms with Crippen molar-refractivity contribution in [1.29, 1.82) is 0 Å². The fraction of sp³-hybridized carbons (Fsp3) is 1.00. The van der Waals surface area contributed by atoms with Crippen LogP contribution in [0.2, 0.25) is 0 Å². The van der Waals surface area contributed by atoms with Crippen LogP contribution in [0, 0.1) is 11.3 Å². The van der Waals surface area contributed by atoms with Gasteiger partial charge in [0.1, 0.15) is 5.60 Å². The third-order valence-corrected chi connectivity index (χ3v) is 4.81. The molecular weight excluding hydrogens is 204 g/mol. The summed E-state index contributed by atoms with van der Waals surface area (Å²) in [5.41, 5.74) is 0.0744. The van der Waals surface area contributed by atoms with Crippen molar-refractivity contribution in [2.75, 3.05) is 6.61 Å². The monoisotopic (exact) mass is 226 g/mol. The second kappa shape index (κ2) is 3.69. The van der Waals surface area contributed by atoms with E-state index in [0.717, 1.165) is 19.4 Å². The van der Waals surface area contributed by atoms with Crippen LogP contribution in [0.3, 0.4) is 0 Å². The molecule has 16 heavy (non-hydrogen) atoms. The molecule has 1 aliphatic carbocycles. The maximum atomic E-state index is 5.70. The molecule has 3 nitrogen and oxygen atoms in total. The SMILES string of the molecule is CC1(C2CCCC2)C[C@]2(C)CCOC2OO1. The highest BCUT2D eigenvalue weighted by atomic mass is 17.2. The highest BCUT2D eigenvalue weighted by Crippen LogP contribution is 2.51. The van der Waals surface area contributed by atoms with E-state index in [1.807, 2.05) is 0 Å². The van der Waals surface area contributed by atoms with Crippen molar-refractivity contribution in [3.8, 4) is 0 Å². The van der Waals surface area contributed by atoms with E-state index >= 15 is 0 Å². The minimum atomic E-state index is -0.137. The topological polar surface area (TPSA) is 27.7 Å². The van der Waals surface area contributed by atoms with Crippen LogP contribution < -0.4 is 0 Å². The summed E-state index contributed by atoms with van der Waals surface area (Å²) in [6.07, 6.45) is 7.32. The van der Waals surface area contributed by atoms with Gasteiger partial charge in [0, 0.05) is 5.41 Å². The Kier molecular flexibility index (Phi) is 2.54. The summed E-state index contributed by atoms with van der Waals surface area (Å²) < 4.78 is 5.57. The van der Waals surface area contributed by atoms with Crippen molar-refractivity contribution in [1.82, 2.24) is 0 Å².